The van der Waals surface area contributed by atoms with Crippen LogP contribution in [0, 0.1) is 0 Å². The van der Waals surface area contributed by atoms with Crippen LogP contribution in [-0.2, 0) is 11.2 Å². The van der Waals surface area contributed by atoms with E-state index in [1.165, 1.54) is 0 Å². The molecule has 0 unspecified atom stereocenters. The van der Waals surface area contributed by atoms with Crippen LogP contribution in [0.25, 0.3) is 10.9 Å². The van der Waals surface area contributed by atoms with Crippen molar-refractivity contribution in [2.75, 3.05) is 5.32 Å². The van der Waals surface area contributed by atoms with Crippen LogP contribution in [-0.4, -0.2) is 27.1 Å². The number of phenols is 1. The molecule has 0 saturated carbocycles. The minimum Gasteiger partial charge on any atom is -0.508 e. The molecule has 1 amide bonds. The molecule has 0 saturated heterocycles. The summed E-state index contributed by atoms with van der Waals surface area (Å²) in [5, 5.41) is 21.6. The van der Waals surface area contributed by atoms with Crippen LogP contribution in [0.15, 0.2) is 48.5 Å². The van der Waals surface area contributed by atoms with Gasteiger partial charge in [-0.15, -0.1) is 0 Å². The maximum absolute atomic E-state index is 12.2. The van der Waals surface area contributed by atoms with E-state index in [2.05, 4.69) is 10.3 Å². The van der Waals surface area contributed by atoms with Gasteiger partial charge in [-0.2, -0.15) is 0 Å². The number of carboxylic acid groups (broad SMARTS) is 1. The predicted octanol–water partition coefficient (Wildman–Crippen LogP) is 2.75. The van der Waals surface area contributed by atoms with Crippen molar-refractivity contribution in [3.05, 3.63) is 59.8 Å². The lowest BCUT2D eigenvalue weighted by atomic mass is 10.1. The van der Waals surface area contributed by atoms with E-state index in [-0.39, 0.29) is 18.1 Å². The van der Waals surface area contributed by atoms with Crippen molar-refractivity contribution in [1.29, 1.82) is 0 Å². The molecule has 3 rings (SSSR count). The summed E-state index contributed by atoms with van der Waals surface area (Å²) in [5.74, 6) is -1.08. The summed E-state index contributed by atoms with van der Waals surface area (Å²) in [6.07, 6.45) is -0.0558. The molecular formula is C17H14N2O4. The molecule has 0 spiro atoms. The minimum absolute atomic E-state index is 0.0558. The second kappa shape index (κ2) is 5.84. The van der Waals surface area contributed by atoms with Gasteiger partial charge in [-0.25, -0.2) is 0 Å². The van der Waals surface area contributed by atoms with Gasteiger partial charge in [-0.1, -0.05) is 12.1 Å². The van der Waals surface area contributed by atoms with Gasteiger partial charge in [0.1, 0.15) is 11.4 Å². The molecule has 1 aromatic heterocycles. The van der Waals surface area contributed by atoms with E-state index in [1.807, 2.05) is 0 Å². The number of aliphatic carboxylic acids is 1. The quantitative estimate of drug-likeness (QED) is 0.595. The summed E-state index contributed by atoms with van der Waals surface area (Å²) < 4.78 is 0. The van der Waals surface area contributed by atoms with E-state index in [0.717, 1.165) is 10.9 Å². The number of carboxylic acids is 1. The molecule has 0 atom stereocenters. The number of aromatic amines is 1. The molecule has 6 nitrogen and oxygen atoms in total. The van der Waals surface area contributed by atoms with Crippen LogP contribution in [0.3, 0.4) is 0 Å². The third kappa shape index (κ3) is 3.32. The summed E-state index contributed by atoms with van der Waals surface area (Å²) in [5.41, 5.74) is 2.37. The fourth-order valence-corrected chi connectivity index (χ4v) is 2.32. The van der Waals surface area contributed by atoms with E-state index in [9.17, 15) is 14.7 Å². The van der Waals surface area contributed by atoms with Crippen LogP contribution >= 0.6 is 0 Å². The van der Waals surface area contributed by atoms with E-state index >= 15 is 0 Å². The zero-order valence-corrected chi connectivity index (χ0v) is 12.0. The summed E-state index contributed by atoms with van der Waals surface area (Å²) in [6.45, 7) is 0. The Morgan fingerprint density at radius 1 is 1.04 bits per heavy atom. The number of aromatic nitrogens is 1. The normalized spacial score (nSPS) is 10.6. The van der Waals surface area contributed by atoms with Gasteiger partial charge in [0, 0.05) is 16.6 Å². The monoisotopic (exact) mass is 310 g/mol. The molecule has 0 aliphatic heterocycles. The smallest absolute Gasteiger partial charge is 0.307 e. The number of hydrogen-bond acceptors (Lipinski definition) is 3. The Bertz CT molecular complexity index is 881. The van der Waals surface area contributed by atoms with Crippen LogP contribution in [0.5, 0.6) is 5.75 Å². The van der Waals surface area contributed by atoms with E-state index in [1.54, 1.807) is 48.5 Å². The van der Waals surface area contributed by atoms with E-state index in [4.69, 9.17) is 5.11 Å². The molecule has 116 valence electrons. The number of carbonyl (C=O) groups excluding carboxylic acids is 1. The molecule has 0 aliphatic carbocycles. The van der Waals surface area contributed by atoms with Gasteiger partial charge >= 0.3 is 5.97 Å². The number of aromatic hydroxyl groups is 1. The first kappa shape index (κ1) is 14.6. The third-order valence-electron chi connectivity index (χ3n) is 3.42. The lowest BCUT2D eigenvalue weighted by Gasteiger charge is -2.04. The van der Waals surface area contributed by atoms with Gasteiger partial charge < -0.3 is 20.5 Å². The molecule has 1 heterocycles. The van der Waals surface area contributed by atoms with Crippen LogP contribution in [0.2, 0.25) is 0 Å². The zero-order valence-electron chi connectivity index (χ0n) is 12.0. The number of rotatable bonds is 4. The highest BCUT2D eigenvalue weighted by molar-refractivity contribution is 6.06. The molecule has 6 heteroatoms. The first-order valence-electron chi connectivity index (χ1n) is 6.95. The molecule has 23 heavy (non-hydrogen) atoms. The van der Waals surface area contributed by atoms with Crippen molar-refractivity contribution in [3.63, 3.8) is 0 Å². The van der Waals surface area contributed by atoms with Crippen LogP contribution in [0.1, 0.15) is 16.1 Å². The van der Waals surface area contributed by atoms with E-state index in [0.29, 0.717) is 16.9 Å². The number of H-pyrrole nitrogens is 1. The van der Waals surface area contributed by atoms with Gasteiger partial charge in [0.25, 0.3) is 5.91 Å². The maximum atomic E-state index is 12.2. The van der Waals surface area contributed by atoms with Crippen molar-refractivity contribution in [2.24, 2.45) is 0 Å². The summed E-state index contributed by atoms with van der Waals surface area (Å²) in [4.78, 5) is 25.8. The number of amides is 1. The Balaban J connectivity index is 1.76. The van der Waals surface area contributed by atoms with Crippen molar-refractivity contribution in [2.45, 2.75) is 6.42 Å². The number of fused-ring (bicyclic) bond motifs is 1. The Morgan fingerprint density at radius 2 is 1.78 bits per heavy atom. The number of hydrogen-bond donors (Lipinski definition) is 4. The Kier molecular flexibility index (Phi) is 3.72. The Hall–Kier alpha value is -3.28. The maximum Gasteiger partial charge on any atom is 0.307 e. The van der Waals surface area contributed by atoms with Crippen molar-refractivity contribution in [3.8, 4) is 5.75 Å². The predicted molar refractivity (Wildman–Crippen MR) is 85.7 cm³/mol. The molecule has 0 bridgehead atoms. The SMILES string of the molecule is O=C(O)Cc1ccc(NC(=O)c2cc3cc(O)ccc3[nH]2)cc1. The Labute approximate surface area is 131 Å². The number of benzene rings is 2. The molecule has 0 radical (unpaired) electrons. The largest absolute Gasteiger partial charge is 0.508 e. The first-order valence-corrected chi connectivity index (χ1v) is 6.95. The average molecular weight is 310 g/mol. The highest BCUT2D eigenvalue weighted by Gasteiger charge is 2.10. The first-order chi connectivity index (χ1) is 11.0. The number of nitrogens with one attached hydrogen (secondary N) is 2. The fraction of sp³-hybridized carbons (Fsp3) is 0.0588. The second-order valence-corrected chi connectivity index (χ2v) is 5.18. The third-order valence-corrected chi connectivity index (χ3v) is 3.42. The minimum atomic E-state index is -0.900. The standard InChI is InChI=1S/C17H14N2O4/c20-13-5-6-14-11(8-13)9-15(19-14)17(23)18-12-3-1-10(2-4-12)7-16(21)22/h1-6,8-9,19-20H,7H2,(H,18,23)(H,21,22). The lowest BCUT2D eigenvalue weighted by Crippen LogP contribution is -2.12. The van der Waals surface area contributed by atoms with Crippen molar-refractivity contribution in [1.82, 2.24) is 4.98 Å². The zero-order chi connectivity index (χ0) is 16.4. The lowest BCUT2D eigenvalue weighted by molar-refractivity contribution is -0.136. The van der Waals surface area contributed by atoms with Gasteiger partial charge in [0.2, 0.25) is 0 Å². The highest BCUT2D eigenvalue weighted by atomic mass is 16.4. The van der Waals surface area contributed by atoms with Gasteiger partial charge in [-0.05, 0) is 42.0 Å². The van der Waals surface area contributed by atoms with Crippen LogP contribution in [0.4, 0.5) is 5.69 Å². The summed E-state index contributed by atoms with van der Waals surface area (Å²) in [6, 6.07) is 13.1. The molecule has 0 fully saturated rings. The molecular weight excluding hydrogens is 296 g/mol. The molecule has 2 aromatic carbocycles. The van der Waals surface area contributed by atoms with Gasteiger partial charge in [0.05, 0.1) is 6.42 Å². The summed E-state index contributed by atoms with van der Waals surface area (Å²) >= 11 is 0. The molecule has 0 aliphatic rings. The molecule has 4 N–H and O–H groups in total. The number of anilines is 1. The fourth-order valence-electron chi connectivity index (χ4n) is 2.32. The highest BCUT2D eigenvalue weighted by Crippen LogP contribution is 2.21. The number of carbonyl (C=O) groups is 2. The molecule has 3 aromatic rings. The second-order valence-electron chi connectivity index (χ2n) is 5.18. The van der Waals surface area contributed by atoms with Gasteiger partial charge in [-0.3, -0.25) is 9.59 Å². The van der Waals surface area contributed by atoms with Gasteiger partial charge in [0.15, 0.2) is 0 Å². The van der Waals surface area contributed by atoms with Crippen LogP contribution < -0.4 is 5.32 Å². The van der Waals surface area contributed by atoms with Crippen molar-refractivity contribution >= 4 is 28.5 Å². The Morgan fingerprint density at radius 3 is 2.48 bits per heavy atom. The number of phenolic OH excluding ortho intramolecular Hbond substituents is 1. The summed E-state index contributed by atoms with van der Waals surface area (Å²) in [7, 11) is 0. The topological polar surface area (TPSA) is 102 Å². The van der Waals surface area contributed by atoms with E-state index < -0.39 is 5.97 Å². The average Bonchev–Trinajstić information content (AvgIpc) is 2.92. The van der Waals surface area contributed by atoms with Crippen molar-refractivity contribution < 1.29 is 19.8 Å².